The van der Waals surface area contributed by atoms with Crippen molar-refractivity contribution in [1.29, 1.82) is 0 Å². The van der Waals surface area contributed by atoms with E-state index in [9.17, 15) is 0 Å². The number of nitrogens with zero attached hydrogens (tertiary/aromatic N) is 2. The van der Waals surface area contributed by atoms with Crippen molar-refractivity contribution in [2.45, 2.75) is 25.3 Å². The number of benzene rings is 1. The highest BCUT2D eigenvalue weighted by Crippen LogP contribution is 2.24. The van der Waals surface area contributed by atoms with Crippen molar-refractivity contribution in [3.63, 3.8) is 0 Å². The van der Waals surface area contributed by atoms with E-state index in [1.165, 1.54) is 5.00 Å². The molecule has 2 aromatic heterocycles. The maximum Gasteiger partial charge on any atom is 0.191 e. The van der Waals surface area contributed by atoms with Gasteiger partial charge in [0.15, 0.2) is 5.96 Å². The molecule has 0 atom stereocenters. The van der Waals surface area contributed by atoms with Gasteiger partial charge in [-0.3, -0.25) is 4.99 Å². The molecule has 1 fully saturated rings. The van der Waals surface area contributed by atoms with Gasteiger partial charge in [0.25, 0.3) is 0 Å². The van der Waals surface area contributed by atoms with E-state index in [1.54, 1.807) is 0 Å². The highest BCUT2D eigenvalue weighted by atomic mass is 127. The summed E-state index contributed by atoms with van der Waals surface area (Å²) < 4.78 is 5.88. The van der Waals surface area contributed by atoms with Crippen molar-refractivity contribution in [3.8, 4) is 0 Å². The zero-order valence-corrected chi connectivity index (χ0v) is 19.2. The Kier molecular flexibility index (Phi) is 7.61. The summed E-state index contributed by atoms with van der Waals surface area (Å²) >= 11 is 1.82. The molecule has 4 rings (SSSR count). The molecular formula is C21H27IN4OS. The van der Waals surface area contributed by atoms with E-state index in [2.05, 4.69) is 50.2 Å². The third-order valence-corrected chi connectivity index (χ3v) is 5.95. The Morgan fingerprint density at radius 3 is 2.75 bits per heavy atom. The zero-order valence-electron chi connectivity index (χ0n) is 16.1. The van der Waals surface area contributed by atoms with Crippen LogP contribution in [0.5, 0.6) is 0 Å². The maximum absolute atomic E-state index is 5.88. The van der Waals surface area contributed by atoms with Gasteiger partial charge in [-0.2, -0.15) is 0 Å². The predicted molar refractivity (Wildman–Crippen MR) is 129 cm³/mol. The molecule has 5 nitrogen and oxygen atoms in total. The number of rotatable bonds is 5. The zero-order chi connectivity index (χ0) is 18.5. The third-order valence-electron chi connectivity index (χ3n) is 5.02. The first-order valence-electron chi connectivity index (χ1n) is 9.55. The number of para-hydroxylation sites is 1. The van der Waals surface area contributed by atoms with Crippen LogP contribution in [0.15, 0.2) is 57.3 Å². The molecule has 1 saturated heterocycles. The fourth-order valence-electron chi connectivity index (χ4n) is 3.55. The molecule has 28 heavy (non-hydrogen) atoms. The first-order valence-corrected chi connectivity index (χ1v) is 10.4. The topological polar surface area (TPSA) is 52.8 Å². The lowest BCUT2D eigenvalue weighted by atomic mass is 10.1. The first-order chi connectivity index (χ1) is 13.3. The minimum absolute atomic E-state index is 0. The van der Waals surface area contributed by atoms with E-state index in [0.717, 1.165) is 61.6 Å². The molecule has 1 aliphatic heterocycles. The molecule has 7 heteroatoms. The average Bonchev–Trinajstić information content (AvgIpc) is 3.37. The van der Waals surface area contributed by atoms with E-state index in [-0.39, 0.29) is 24.0 Å². The largest absolute Gasteiger partial charge is 0.461 e. The summed E-state index contributed by atoms with van der Waals surface area (Å²) in [6.45, 7) is 2.98. The number of thiophene rings is 1. The Balaban J connectivity index is 0.00000225. The molecule has 1 aliphatic rings. The van der Waals surface area contributed by atoms with Crippen molar-refractivity contribution in [3.05, 3.63) is 53.6 Å². The molecule has 1 aromatic carbocycles. The lowest BCUT2D eigenvalue weighted by molar-refractivity contribution is 0.462. The number of piperidine rings is 1. The maximum atomic E-state index is 5.88. The van der Waals surface area contributed by atoms with Crippen molar-refractivity contribution >= 4 is 57.2 Å². The third kappa shape index (κ3) is 5.20. The molecule has 3 heterocycles. The van der Waals surface area contributed by atoms with Gasteiger partial charge in [0.05, 0.1) is 5.00 Å². The summed E-state index contributed by atoms with van der Waals surface area (Å²) in [6.07, 6.45) is 3.09. The molecule has 0 amide bonds. The number of hydrogen-bond donors (Lipinski definition) is 2. The first kappa shape index (κ1) is 21.0. The summed E-state index contributed by atoms with van der Waals surface area (Å²) in [6, 6.07) is 15.0. The minimum Gasteiger partial charge on any atom is -0.461 e. The van der Waals surface area contributed by atoms with Crippen LogP contribution in [0, 0.1) is 0 Å². The predicted octanol–water partition coefficient (Wildman–Crippen LogP) is 4.49. The highest BCUT2D eigenvalue weighted by molar-refractivity contribution is 14.0. The minimum atomic E-state index is 0. The molecule has 150 valence electrons. The fraction of sp³-hybridized carbons (Fsp3) is 0.381. The highest BCUT2D eigenvalue weighted by Gasteiger charge is 2.20. The number of anilines is 1. The monoisotopic (exact) mass is 510 g/mol. The van der Waals surface area contributed by atoms with Crippen LogP contribution in [0.25, 0.3) is 11.0 Å². The summed E-state index contributed by atoms with van der Waals surface area (Å²) in [7, 11) is 1.83. The van der Waals surface area contributed by atoms with Gasteiger partial charge in [0.2, 0.25) is 0 Å². The quantitative estimate of drug-likeness (QED) is 0.302. The molecule has 0 saturated carbocycles. The molecule has 0 aliphatic carbocycles. The van der Waals surface area contributed by atoms with Crippen LogP contribution in [0.2, 0.25) is 0 Å². The molecule has 0 bridgehead atoms. The molecule has 2 N–H and O–H groups in total. The number of furan rings is 1. The number of hydrogen-bond acceptors (Lipinski definition) is 4. The van der Waals surface area contributed by atoms with Crippen LogP contribution in [-0.2, 0) is 6.42 Å². The van der Waals surface area contributed by atoms with Gasteiger partial charge in [0, 0.05) is 44.5 Å². The fourth-order valence-corrected chi connectivity index (χ4v) is 4.33. The van der Waals surface area contributed by atoms with E-state index in [0.29, 0.717) is 6.04 Å². The summed E-state index contributed by atoms with van der Waals surface area (Å²) in [5.74, 6) is 1.88. The van der Waals surface area contributed by atoms with E-state index >= 15 is 0 Å². The number of guanidine groups is 1. The van der Waals surface area contributed by atoms with Gasteiger partial charge in [-0.05, 0) is 42.5 Å². The number of fused-ring (bicyclic) bond motifs is 1. The van der Waals surface area contributed by atoms with Crippen LogP contribution in [0.3, 0.4) is 0 Å². The smallest absolute Gasteiger partial charge is 0.191 e. The second kappa shape index (κ2) is 10.2. The van der Waals surface area contributed by atoms with Crippen molar-refractivity contribution < 1.29 is 4.42 Å². The van der Waals surface area contributed by atoms with Gasteiger partial charge in [-0.15, -0.1) is 35.3 Å². The lowest BCUT2D eigenvalue weighted by Gasteiger charge is -2.33. The normalized spacial score (nSPS) is 15.5. The van der Waals surface area contributed by atoms with Gasteiger partial charge in [-0.1, -0.05) is 18.2 Å². The Morgan fingerprint density at radius 1 is 1.21 bits per heavy atom. The van der Waals surface area contributed by atoms with Gasteiger partial charge in [-0.25, -0.2) is 0 Å². The Morgan fingerprint density at radius 2 is 2.04 bits per heavy atom. The Labute approximate surface area is 187 Å². The van der Waals surface area contributed by atoms with E-state index in [4.69, 9.17) is 4.42 Å². The number of nitrogens with one attached hydrogen (secondary N) is 2. The van der Waals surface area contributed by atoms with Crippen molar-refractivity contribution in [2.24, 2.45) is 4.99 Å². The van der Waals surface area contributed by atoms with Crippen molar-refractivity contribution in [2.75, 3.05) is 31.6 Å². The van der Waals surface area contributed by atoms with Crippen LogP contribution in [0.1, 0.15) is 18.6 Å². The summed E-state index contributed by atoms with van der Waals surface area (Å²) in [4.78, 5) is 6.85. The van der Waals surface area contributed by atoms with Crippen LogP contribution in [-0.4, -0.2) is 38.7 Å². The van der Waals surface area contributed by atoms with Gasteiger partial charge >= 0.3 is 0 Å². The van der Waals surface area contributed by atoms with Crippen LogP contribution < -0.4 is 15.5 Å². The number of halogens is 1. The Hall–Kier alpha value is -1.74. The van der Waals surface area contributed by atoms with Gasteiger partial charge < -0.3 is 20.0 Å². The van der Waals surface area contributed by atoms with Crippen molar-refractivity contribution in [1.82, 2.24) is 10.6 Å². The molecule has 0 unspecified atom stereocenters. The molecule has 3 aromatic rings. The second-order valence-corrected chi connectivity index (χ2v) is 7.78. The van der Waals surface area contributed by atoms with E-state index in [1.807, 2.05) is 36.6 Å². The van der Waals surface area contributed by atoms with E-state index < -0.39 is 0 Å². The SMILES string of the molecule is CN=C(NCCc1cc2ccccc2o1)NC1CCN(c2cccs2)CC1.I. The standard InChI is InChI=1S/C21H26N4OS.HI/c1-22-21(23-11-8-18-15-16-5-2-3-6-19(16)26-18)24-17-9-12-25(13-10-17)20-7-4-14-27-20;/h2-7,14-15,17H,8-13H2,1H3,(H2,22,23,24);1H. The average molecular weight is 510 g/mol. The molecular weight excluding hydrogens is 483 g/mol. The molecule has 0 spiro atoms. The molecule has 0 radical (unpaired) electrons. The number of aliphatic imine (C=N–C) groups is 1. The van der Waals surface area contributed by atoms with Gasteiger partial charge in [0.1, 0.15) is 11.3 Å². The summed E-state index contributed by atoms with van der Waals surface area (Å²) in [5.41, 5.74) is 0.951. The van der Waals surface area contributed by atoms with Crippen LogP contribution >= 0.6 is 35.3 Å². The van der Waals surface area contributed by atoms with Crippen LogP contribution in [0.4, 0.5) is 5.00 Å². The Bertz CT molecular complexity index is 852. The lowest BCUT2D eigenvalue weighted by Crippen LogP contribution is -2.49. The summed E-state index contributed by atoms with van der Waals surface area (Å²) in [5, 5.41) is 11.7. The second-order valence-electron chi connectivity index (χ2n) is 6.86.